The number of benzene rings is 1. The van der Waals surface area contributed by atoms with Crippen LogP contribution in [0.4, 0.5) is 0 Å². The van der Waals surface area contributed by atoms with Gasteiger partial charge in [0.15, 0.2) is 0 Å². The van der Waals surface area contributed by atoms with Crippen LogP contribution in [0, 0.1) is 28.1 Å². The zero-order valence-corrected chi connectivity index (χ0v) is 12.7. The molecule has 0 radical (unpaired) electrons. The van der Waals surface area contributed by atoms with Gasteiger partial charge in [0.25, 0.3) is 0 Å². The molecule has 0 amide bonds. The van der Waals surface area contributed by atoms with Crippen molar-refractivity contribution < 1.29 is 4.74 Å². The minimum atomic E-state index is -0.283. The van der Waals surface area contributed by atoms with Crippen molar-refractivity contribution in [2.24, 2.45) is 5.41 Å². The topological polar surface area (TPSA) is 60.1 Å². The number of ether oxygens (including phenoxy) is 1. The number of morpholine rings is 1. The van der Waals surface area contributed by atoms with Crippen LogP contribution in [0.25, 0.3) is 0 Å². The maximum atomic E-state index is 9.09. The second kappa shape index (κ2) is 6.72. The number of nitriles is 2. The van der Waals surface area contributed by atoms with Gasteiger partial charge in [-0.2, -0.15) is 10.5 Å². The minimum Gasteiger partial charge on any atom is -0.371 e. The third-order valence-corrected chi connectivity index (χ3v) is 3.89. The molecule has 1 aromatic rings. The average Bonchev–Trinajstić information content (AvgIpc) is 2.53. The van der Waals surface area contributed by atoms with Crippen LogP contribution < -0.4 is 0 Å². The molecule has 110 valence electrons. The van der Waals surface area contributed by atoms with Crippen LogP contribution in [0.2, 0.25) is 0 Å². The highest BCUT2D eigenvalue weighted by molar-refractivity contribution is 5.34. The summed E-state index contributed by atoms with van der Waals surface area (Å²) in [6.45, 7) is 7.25. The van der Waals surface area contributed by atoms with Gasteiger partial charge >= 0.3 is 0 Å². The Hall–Kier alpha value is -1.88. The van der Waals surface area contributed by atoms with Gasteiger partial charge in [-0.05, 0) is 44.5 Å². The molecule has 1 atom stereocenters. The summed E-state index contributed by atoms with van der Waals surface area (Å²) in [7, 11) is 0. The van der Waals surface area contributed by atoms with E-state index < -0.39 is 0 Å². The third kappa shape index (κ3) is 4.29. The molecule has 0 aliphatic carbocycles. The van der Waals surface area contributed by atoms with Crippen LogP contribution in [0.5, 0.6) is 0 Å². The van der Waals surface area contributed by atoms with Crippen molar-refractivity contribution in [3.05, 3.63) is 35.4 Å². The van der Waals surface area contributed by atoms with E-state index in [1.807, 2.05) is 32.0 Å². The molecule has 0 bridgehead atoms. The molecule has 1 saturated heterocycles. The second-order valence-electron chi connectivity index (χ2n) is 6.14. The number of hydrogen-bond donors (Lipinski definition) is 0. The minimum absolute atomic E-state index is 0.0113. The highest BCUT2D eigenvalue weighted by atomic mass is 16.5. The van der Waals surface area contributed by atoms with Gasteiger partial charge in [0.1, 0.15) is 0 Å². The van der Waals surface area contributed by atoms with E-state index in [0.717, 1.165) is 31.6 Å². The molecule has 0 saturated carbocycles. The van der Waals surface area contributed by atoms with E-state index in [1.165, 1.54) is 0 Å². The Morgan fingerprint density at radius 3 is 2.90 bits per heavy atom. The first-order valence-corrected chi connectivity index (χ1v) is 7.29. The fraction of sp³-hybridized carbons (Fsp3) is 0.529. The third-order valence-electron chi connectivity index (χ3n) is 3.89. The number of rotatable bonds is 4. The van der Waals surface area contributed by atoms with Gasteiger partial charge in [-0.15, -0.1) is 0 Å². The Bertz CT molecular complexity index is 568. The van der Waals surface area contributed by atoms with E-state index in [1.54, 1.807) is 6.07 Å². The summed E-state index contributed by atoms with van der Waals surface area (Å²) in [5, 5.41) is 18.1. The Balaban J connectivity index is 1.98. The lowest BCUT2D eigenvalue weighted by molar-refractivity contribution is -0.0319. The fourth-order valence-corrected chi connectivity index (χ4v) is 2.41. The zero-order chi connectivity index (χ0) is 15.3. The van der Waals surface area contributed by atoms with Gasteiger partial charge in [-0.3, -0.25) is 4.90 Å². The maximum Gasteiger partial charge on any atom is 0.0991 e. The summed E-state index contributed by atoms with van der Waals surface area (Å²) in [6.07, 6.45) is 0.867. The highest BCUT2D eigenvalue weighted by Gasteiger charge is 2.24. The van der Waals surface area contributed by atoms with E-state index in [9.17, 15) is 0 Å². The summed E-state index contributed by atoms with van der Waals surface area (Å²) in [5.41, 5.74) is 1.44. The molecule has 0 aromatic heterocycles. The lowest BCUT2D eigenvalue weighted by Crippen LogP contribution is -2.39. The molecule has 0 N–H and O–H groups in total. The molecule has 1 aliphatic heterocycles. The van der Waals surface area contributed by atoms with Crippen molar-refractivity contribution in [1.82, 2.24) is 4.90 Å². The molecule has 1 fully saturated rings. The van der Waals surface area contributed by atoms with Gasteiger partial charge in [0.05, 0.1) is 35.8 Å². The molecule has 4 nitrogen and oxygen atoms in total. The summed E-state index contributed by atoms with van der Waals surface area (Å²) in [4.78, 5) is 2.34. The van der Waals surface area contributed by atoms with Crippen molar-refractivity contribution in [1.29, 1.82) is 10.5 Å². The average molecular weight is 283 g/mol. The summed E-state index contributed by atoms with van der Waals surface area (Å²) in [6, 6.07) is 12.1. The highest BCUT2D eigenvalue weighted by Crippen LogP contribution is 2.25. The van der Waals surface area contributed by atoms with Crippen LogP contribution >= 0.6 is 0 Å². The molecular weight excluding hydrogens is 262 g/mol. The van der Waals surface area contributed by atoms with Crippen LogP contribution in [-0.2, 0) is 4.74 Å². The van der Waals surface area contributed by atoms with Crippen molar-refractivity contribution in [2.75, 3.05) is 26.2 Å². The first kappa shape index (κ1) is 15.5. The standard InChI is InChI=1S/C17H21N3O/c1-17(2,13-19)6-7-20-8-9-21-16(12-20)15-5-3-4-14(10-15)11-18/h3-5,10,16H,6-9,12H2,1-2H3. The Morgan fingerprint density at radius 2 is 2.19 bits per heavy atom. The molecular formula is C17H21N3O. The largest absolute Gasteiger partial charge is 0.371 e. The monoisotopic (exact) mass is 283 g/mol. The summed E-state index contributed by atoms with van der Waals surface area (Å²) >= 11 is 0. The Morgan fingerprint density at radius 1 is 1.38 bits per heavy atom. The van der Waals surface area contributed by atoms with Crippen LogP contribution in [-0.4, -0.2) is 31.1 Å². The smallest absolute Gasteiger partial charge is 0.0991 e. The van der Waals surface area contributed by atoms with E-state index in [-0.39, 0.29) is 11.5 Å². The molecule has 1 aromatic carbocycles. The SMILES string of the molecule is CC(C)(C#N)CCN1CCOC(c2cccc(C#N)c2)C1. The molecule has 1 unspecified atom stereocenters. The lowest BCUT2D eigenvalue weighted by atomic mass is 9.91. The molecule has 4 heteroatoms. The number of hydrogen-bond acceptors (Lipinski definition) is 4. The van der Waals surface area contributed by atoms with E-state index in [0.29, 0.717) is 12.2 Å². The van der Waals surface area contributed by atoms with Gasteiger partial charge in [-0.25, -0.2) is 0 Å². The van der Waals surface area contributed by atoms with Crippen LogP contribution in [0.1, 0.15) is 37.5 Å². The van der Waals surface area contributed by atoms with Crippen molar-refractivity contribution >= 4 is 0 Å². The maximum absolute atomic E-state index is 9.09. The second-order valence-corrected chi connectivity index (χ2v) is 6.14. The molecule has 0 spiro atoms. The molecule has 1 heterocycles. The van der Waals surface area contributed by atoms with E-state index in [4.69, 9.17) is 15.3 Å². The van der Waals surface area contributed by atoms with Gasteiger partial charge in [0.2, 0.25) is 0 Å². The van der Waals surface area contributed by atoms with Crippen molar-refractivity contribution in [3.8, 4) is 12.1 Å². The molecule has 2 rings (SSSR count). The lowest BCUT2D eigenvalue weighted by Gasteiger charge is -2.34. The normalized spacial score (nSPS) is 19.7. The number of nitrogens with zero attached hydrogens (tertiary/aromatic N) is 3. The predicted molar refractivity (Wildman–Crippen MR) is 80.3 cm³/mol. The van der Waals surface area contributed by atoms with Crippen molar-refractivity contribution in [3.63, 3.8) is 0 Å². The van der Waals surface area contributed by atoms with Gasteiger partial charge < -0.3 is 4.74 Å². The fourth-order valence-electron chi connectivity index (χ4n) is 2.41. The first-order valence-electron chi connectivity index (χ1n) is 7.29. The Labute approximate surface area is 126 Å². The van der Waals surface area contributed by atoms with Crippen LogP contribution in [0.15, 0.2) is 24.3 Å². The molecule has 21 heavy (non-hydrogen) atoms. The summed E-state index contributed by atoms with van der Waals surface area (Å²) in [5.74, 6) is 0. The van der Waals surface area contributed by atoms with Gasteiger partial charge in [-0.1, -0.05) is 12.1 Å². The van der Waals surface area contributed by atoms with Crippen molar-refractivity contribution in [2.45, 2.75) is 26.4 Å². The molecule has 1 aliphatic rings. The summed E-state index contributed by atoms with van der Waals surface area (Å²) < 4.78 is 5.84. The zero-order valence-electron chi connectivity index (χ0n) is 12.7. The Kier molecular flexibility index (Phi) is 4.96. The quantitative estimate of drug-likeness (QED) is 0.852. The predicted octanol–water partition coefficient (Wildman–Crippen LogP) is 2.87. The van der Waals surface area contributed by atoms with E-state index in [2.05, 4.69) is 17.0 Å². The van der Waals surface area contributed by atoms with E-state index >= 15 is 0 Å². The van der Waals surface area contributed by atoms with Crippen LogP contribution in [0.3, 0.4) is 0 Å². The van der Waals surface area contributed by atoms with Gasteiger partial charge in [0, 0.05) is 13.1 Å². The first-order chi connectivity index (χ1) is 10.0.